The summed E-state index contributed by atoms with van der Waals surface area (Å²) in [6.45, 7) is 3.21. The molecule has 0 saturated heterocycles. The Labute approximate surface area is 107 Å². The summed E-state index contributed by atoms with van der Waals surface area (Å²) in [5.74, 6) is 0.555. The number of nitrogens with one attached hydrogen (secondary N) is 1. The molecule has 1 rings (SSSR count). The van der Waals surface area contributed by atoms with Crippen LogP contribution in [-0.4, -0.2) is 30.2 Å². The summed E-state index contributed by atoms with van der Waals surface area (Å²) in [4.78, 5) is 14.5. The lowest BCUT2D eigenvalue weighted by atomic mass is 10.2. The third-order valence-corrected chi connectivity index (χ3v) is 2.60. The number of unbranched alkanes of at least 4 members (excludes halogenated alkanes) is 2. The summed E-state index contributed by atoms with van der Waals surface area (Å²) in [7, 11) is 1.69. The van der Waals surface area contributed by atoms with Crippen molar-refractivity contribution in [1.29, 1.82) is 0 Å². The fraction of sp³-hybridized carbons (Fsp3) is 0.583. The van der Waals surface area contributed by atoms with Gasteiger partial charge in [0.1, 0.15) is 5.82 Å². The van der Waals surface area contributed by atoms with E-state index in [1.165, 1.54) is 12.3 Å². The van der Waals surface area contributed by atoms with Gasteiger partial charge in [-0.1, -0.05) is 0 Å². The molecule has 0 fully saturated rings. The van der Waals surface area contributed by atoms with Gasteiger partial charge < -0.3 is 10.1 Å². The van der Waals surface area contributed by atoms with Crippen LogP contribution in [0.25, 0.3) is 0 Å². The van der Waals surface area contributed by atoms with Crippen molar-refractivity contribution >= 4 is 11.5 Å². The van der Waals surface area contributed by atoms with Gasteiger partial charge in [0, 0.05) is 32.0 Å². The first-order chi connectivity index (χ1) is 8.65. The van der Waals surface area contributed by atoms with Crippen molar-refractivity contribution in [3.8, 4) is 0 Å². The molecule has 0 atom stereocenters. The Hall–Kier alpha value is -1.69. The zero-order valence-electron chi connectivity index (χ0n) is 10.8. The summed E-state index contributed by atoms with van der Waals surface area (Å²) >= 11 is 0. The number of aromatic nitrogens is 1. The zero-order valence-corrected chi connectivity index (χ0v) is 10.8. The van der Waals surface area contributed by atoms with Crippen molar-refractivity contribution in [1.82, 2.24) is 4.98 Å². The standard InChI is InChI=1S/C12H19N3O3/c1-10-9-14-12(8-11(10)15(16)17)13-6-4-3-5-7-18-2/h8-9H,3-7H2,1-2H3,(H,13,14). The molecule has 18 heavy (non-hydrogen) atoms. The molecular weight excluding hydrogens is 234 g/mol. The van der Waals surface area contributed by atoms with Crippen LogP contribution in [0.2, 0.25) is 0 Å². The van der Waals surface area contributed by atoms with Gasteiger partial charge in [0.25, 0.3) is 5.69 Å². The number of rotatable bonds is 8. The Morgan fingerprint density at radius 2 is 2.22 bits per heavy atom. The second kappa shape index (κ2) is 7.60. The van der Waals surface area contributed by atoms with Gasteiger partial charge in [-0.15, -0.1) is 0 Å². The first kappa shape index (κ1) is 14.4. The van der Waals surface area contributed by atoms with Crippen LogP contribution in [0.5, 0.6) is 0 Å². The van der Waals surface area contributed by atoms with Crippen LogP contribution >= 0.6 is 0 Å². The van der Waals surface area contributed by atoms with Crippen molar-refractivity contribution < 1.29 is 9.66 Å². The summed E-state index contributed by atoms with van der Waals surface area (Å²) in [6, 6.07) is 1.48. The van der Waals surface area contributed by atoms with Crippen molar-refractivity contribution in [2.24, 2.45) is 0 Å². The number of hydrogen-bond donors (Lipinski definition) is 1. The molecule has 0 spiro atoms. The number of methoxy groups -OCH3 is 1. The van der Waals surface area contributed by atoms with Crippen LogP contribution < -0.4 is 5.32 Å². The number of nitro groups is 1. The van der Waals surface area contributed by atoms with E-state index in [9.17, 15) is 10.1 Å². The molecule has 1 aromatic heterocycles. The number of hydrogen-bond acceptors (Lipinski definition) is 5. The molecule has 0 aliphatic carbocycles. The molecule has 0 bridgehead atoms. The summed E-state index contributed by atoms with van der Waals surface area (Å²) in [5, 5.41) is 13.8. The molecule has 0 radical (unpaired) electrons. The minimum atomic E-state index is -0.388. The number of ether oxygens (including phenoxy) is 1. The van der Waals surface area contributed by atoms with Gasteiger partial charge in [0.05, 0.1) is 11.0 Å². The predicted octanol–water partition coefficient (Wildman–Crippen LogP) is 2.53. The molecule has 0 aliphatic heterocycles. The average Bonchev–Trinajstić information content (AvgIpc) is 2.35. The van der Waals surface area contributed by atoms with Gasteiger partial charge >= 0.3 is 0 Å². The maximum atomic E-state index is 10.8. The van der Waals surface area contributed by atoms with Crippen molar-refractivity contribution in [3.05, 3.63) is 27.9 Å². The summed E-state index contributed by atoms with van der Waals surface area (Å²) in [6.07, 6.45) is 4.60. The van der Waals surface area contributed by atoms with E-state index in [4.69, 9.17) is 4.74 Å². The highest BCUT2D eigenvalue weighted by molar-refractivity contribution is 5.48. The fourth-order valence-corrected chi connectivity index (χ4v) is 1.57. The van der Waals surface area contributed by atoms with Gasteiger partial charge in [0.15, 0.2) is 0 Å². The quantitative estimate of drug-likeness (QED) is 0.437. The molecule has 0 saturated carbocycles. The van der Waals surface area contributed by atoms with E-state index in [0.717, 1.165) is 32.4 Å². The zero-order chi connectivity index (χ0) is 13.4. The lowest BCUT2D eigenvalue weighted by Gasteiger charge is -2.06. The van der Waals surface area contributed by atoms with Gasteiger partial charge in [-0.25, -0.2) is 4.98 Å². The van der Waals surface area contributed by atoms with Gasteiger partial charge in [-0.2, -0.15) is 0 Å². The van der Waals surface area contributed by atoms with Crippen molar-refractivity contribution in [2.45, 2.75) is 26.2 Å². The van der Waals surface area contributed by atoms with Gasteiger partial charge in [-0.3, -0.25) is 10.1 Å². The van der Waals surface area contributed by atoms with Crippen LogP contribution in [0, 0.1) is 17.0 Å². The fourth-order valence-electron chi connectivity index (χ4n) is 1.57. The monoisotopic (exact) mass is 253 g/mol. The molecule has 0 aromatic carbocycles. The smallest absolute Gasteiger partial charge is 0.277 e. The van der Waals surface area contributed by atoms with E-state index in [2.05, 4.69) is 10.3 Å². The Morgan fingerprint density at radius 1 is 1.44 bits per heavy atom. The lowest BCUT2D eigenvalue weighted by molar-refractivity contribution is -0.385. The minimum absolute atomic E-state index is 0.104. The average molecular weight is 253 g/mol. The second-order valence-electron chi connectivity index (χ2n) is 4.09. The molecular formula is C12H19N3O3. The van der Waals surface area contributed by atoms with Gasteiger partial charge in [-0.05, 0) is 26.2 Å². The molecule has 1 heterocycles. The Kier molecular flexibility index (Phi) is 6.07. The minimum Gasteiger partial charge on any atom is -0.385 e. The largest absolute Gasteiger partial charge is 0.385 e. The van der Waals surface area contributed by atoms with E-state index >= 15 is 0 Å². The number of anilines is 1. The Bertz CT molecular complexity index is 396. The molecule has 6 nitrogen and oxygen atoms in total. The second-order valence-corrected chi connectivity index (χ2v) is 4.09. The molecule has 0 amide bonds. The Balaban J connectivity index is 2.38. The molecule has 0 unspecified atom stereocenters. The number of pyridine rings is 1. The summed E-state index contributed by atoms with van der Waals surface area (Å²) < 4.78 is 4.95. The Morgan fingerprint density at radius 3 is 2.89 bits per heavy atom. The molecule has 0 aliphatic rings. The maximum Gasteiger partial charge on any atom is 0.277 e. The van der Waals surface area contributed by atoms with E-state index in [-0.39, 0.29) is 10.6 Å². The SMILES string of the molecule is COCCCCCNc1cc([N+](=O)[O-])c(C)cn1. The highest BCUT2D eigenvalue weighted by atomic mass is 16.6. The van der Waals surface area contributed by atoms with Crippen LogP contribution in [0.15, 0.2) is 12.3 Å². The van der Waals surface area contributed by atoms with E-state index in [1.54, 1.807) is 14.0 Å². The first-order valence-electron chi connectivity index (χ1n) is 5.99. The molecule has 1 N–H and O–H groups in total. The number of aryl methyl sites for hydroxylation is 1. The molecule has 100 valence electrons. The summed E-state index contributed by atoms with van der Waals surface area (Å²) in [5.41, 5.74) is 0.678. The third kappa shape index (κ3) is 4.67. The normalized spacial score (nSPS) is 10.3. The first-order valence-corrected chi connectivity index (χ1v) is 5.99. The van der Waals surface area contributed by atoms with Gasteiger partial charge in [0.2, 0.25) is 0 Å². The topological polar surface area (TPSA) is 77.3 Å². The lowest BCUT2D eigenvalue weighted by Crippen LogP contribution is -2.05. The molecule has 1 aromatic rings. The highest BCUT2D eigenvalue weighted by Gasteiger charge is 2.11. The molecule has 6 heteroatoms. The maximum absolute atomic E-state index is 10.8. The van der Waals surface area contributed by atoms with Crippen LogP contribution in [-0.2, 0) is 4.74 Å². The van der Waals surface area contributed by atoms with Crippen molar-refractivity contribution in [3.63, 3.8) is 0 Å². The van der Waals surface area contributed by atoms with E-state index in [0.29, 0.717) is 11.4 Å². The van der Waals surface area contributed by atoms with Crippen molar-refractivity contribution in [2.75, 3.05) is 25.6 Å². The highest BCUT2D eigenvalue weighted by Crippen LogP contribution is 2.19. The van der Waals surface area contributed by atoms with Crippen LogP contribution in [0.1, 0.15) is 24.8 Å². The van der Waals surface area contributed by atoms with E-state index < -0.39 is 0 Å². The number of nitrogens with zero attached hydrogens (tertiary/aromatic N) is 2. The predicted molar refractivity (Wildman–Crippen MR) is 69.8 cm³/mol. The van der Waals surface area contributed by atoms with Crippen LogP contribution in [0.3, 0.4) is 0 Å². The van der Waals surface area contributed by atoms with Crippen LogP contribution in [0.4, 0.5) is 11.5 Å². The third-order valence-electron chi connectivity index (χ3n) is 2.60. The van der Waals surface area contributed by atoms with E-state index in [1.807, 2.05) is 0 Å².